The summed E-state index contributed by atoms with van der Waals surface area (Å²) >= 11 is 0. The molecule has 0 aromatic heterocycles. The summed E-state index contributed by atoms with van der Waals surface area (Å²) in [4.78, 5) is 10.9. The van der Waals surface area contributed by atoms with Crippen molar-refractivity contribution in [2.24, 2.45) is 5.41 Å². The van der Waals surface area contributed by atoms with E-state index in [1.807, 2.05) is 0 Å². The fourth-order valence-corrected chi connectivity index (χ4v) is 3.03. The average Bonchev–Trinajstić information content (AvgIpc) is 2.17. The van der Waals surface area contributed by atoms with E-state index in [1.54, 1.807) is 0 Å². The van der Waals surface area contributed by atoms with Crippen molar-refractivity contribution in [3.63, 3.8) is 0 Å². The van der Waals surface area contributed by atoms with Gasteiger partial charge in [-0.15, -0.1) is 0 Å². The molecule has 98 valence electrons. The topological polar surface area (TPSA) is 46.5 Å². The Morgan fingerprint density at radius 3 is 2.24 bits per heavy atom. The van der Waals surface area contributed by atoms with E-state index >= 15 is 0 Å². The second-order valence-electron chi connectivity index (χ2n) is 6.59. The van der Waals surface area contributed by atoms with Crippen molar-refractivity contribution in [1.82, 2.24) is 0 Å². The van der Waals surface area contributed by atoms with Crippen LogP contribution in [0.5, 0.6) is 0 Å². The van der Waals surface area contributed by atoms with Crippen LogP contribution in [0.15, 0.2) is 0 Å². The van der Waals surface area contributed by atoms with Crippen molar-refractivity contribution in [3.8, 4) is 0 Å². The molecule has 1 N–H and O–H groups in total. The van der Waals surface area contributed by atoms with Gasteiger partial charge in [0, 0.05) is 0 Å². The monoisotopic (exact) mass is 240 g/mol. The number of carbonyl (C=O) groups is 1. The highest BCUT2D eigenvalue weighted by molar-refractivity contribution is 5.68. The Kier molecular flexibility index (Phi) is 3.48. The van der Waals surface area contributed by atoms with Crippen LogP contribution in [0, 0.1) is 5.41 Å². The third kappa shape index (κ3) is 3.21. The Morgan fingerprint density at radius 2 is 1.82 bits per heavy atom. The van der Waals surface area contributed by atoms with Gasteiger partial charge in [0.05, 0.1) is 18.1 Å². The van der Waals surface area contributed by atoms with Crippen molar-refractivity contribution in [2.75, 3.05) is 0 Å². The lowest BCUT2D eigenvalue weighted by molar-refractivity contribution is -0.173. The van der Waals surface area contributed by atoms with Crippen LogP contribution < -0.4 is 0 Å². The van der Waals surface area contributed by atoms with Crippen molar-refractivity contribution in [1.29, 1.82) is 0 Å². The molecule has 0 radical (unpaired) electrons. The SMILES string of the molecule is CC1(C)CCC(OC2(CC(=O)O)CCC2)CC1. The van der Waals surface area contributed by atoms with E-state index in [1.165, 1.54) is 12.8 Å². The van der Waals surface area contributed by atoms with E-state index in [2.05, 4.69) is 13.8 Å². The maximum atomic E-state index is 10.9. The van der Waals surface area contributed by atoms with Gasteiger partial charge in [0.15, 0.2) is 0 Å². The predicted molar refractivity (Wildman–Crippen MR) is 66.0 cm³/mol. The molecule has 2 saturated carbocycles. The molecule has 2 aliphatic carbocycles. The van der Waals surface area contributed by atoms with Gasteiger partial charge < -0.3 is 9.84 Å². The summed E-state index contributed by atoms with van der Waals surface area (Å²) in [5, 5.41) is 8.95. The van der Waals surface area contributed by atoms with Crippen LogP contribution in [0.4, 0.5) is 0 Å². The van der Waals surface area contributed by atoms with Gasteiger partial charge in [0.25, 0.3) is 0 Å². The third-order valence-electron chi connectivity index (χ3n) is 4.44. The summed E-state index contributed by atoms with van der Waals surface area (Å²) in [6, 6.07) is 0. The first-order valence-electron chi connectivity index (χ1n) is 6.81. The summed E-state index contributed by atoms with van der Waals surface area (Å²) in [6.07, 6.45) is 8.03. The Bertz CT molecular complexity index is 282. The highest BCUT2D eigenvalue weighted by atomic mass is 16.5. The molecule has 0 aliphatic heterocycles. The molecule has 0 atom stereocenters. The van der Waals surface area contributed by atoms with Gasteiger partial charge in [-0.1, -0.05) is 13.8 Å². The Labute approximate surface area is 104 Å². The van der Waals surface area contributed by atoms with Crippen LogP contribution in [0.1, 0.15) is 65.2 Å². The molecule has 0 unspecified atom stereocenters. The van der Waals surface area contributed by atoms with Crippen LogP contribution >= 0.6 is 0 Å². The van der Waals surface area contributed by atoms with Crippen LogP contribution in [0.2, 0.25) is 0 Å². The molecule has 0 amide bonds. The fourth-order valence-electron chi connectivity index (χ4n) is 3.03. The fraction of sp³-hybridized carbons (Fsp3) is 0.929. The van der Waals surface area contributed by atoms with Crippen LogP contribution in [-0.4, -0.2) is 22.8 Å². The van der Waals surface area contributed by atoms with Crippen LogP contribution in [0.25, 0.3) is 0 Å². The molecule has 0 heterocycles. The molecular formula is C14H24O3. The zero-order valence-electron chi connectivity index (χ0n) is 11.0. The molecule has 0 aromatic rings. The maximum Gasteiger partial charge on any atom is 0.306 e. The van der Waals surface area contributed by atoms with Gasteiger partial charge in [0.1, 0.15) is 0 Å². The minimum Gasteiger partial charge on any atom is -0.481 e. The summed E-state index contributed by atoms with van der Waals surface area (Å²) in [7, 11) is 0. The first-order valence-corrected chi connectivity index (χ1v) is 6.81. The zero-order valence-corrected chi connectivity index (χ0v) is 11.0. The smallest absolute Gasteiger partial charge is 0.306 e. The number of rotatable bonds is 4. The summed E-state index contributed by atoms with van der Waals surface area (Å²) < 4.78 is 6.14. The van der Waals surface area contributed by atoms with Crippen LogP contribution in [-0.2, 0) is 9.53 Å². The molecule has 0 aromatic carbocycles. The number of carboxylic acids is 1. The number of hydrogen-bond donors (Lipinski definition) is 1. The Morgan fingerprint density at radius 1 is 1.24 bits per heavy atom. The number of aliphatic carboxylic acids is 1. The second kappa shape index (κ2) is 4.60. The minimum absolute atomic E-state index is 0.187. The van der Waals surface area contributed by atoms with Gasteiger partial charge >= 0.3 is 5.97 Å². The molecule has 3 heteroatoms. The molecule has 0 saturated heterocycles. The molecular weight excluding hydrogens is 216 g/mol. The quantitative estimate of drug-likeness (QED) is 0.819. The normalized spacial score (nSPS) is 27.4. The number of ether oxygens (including phenoxy) is 1. The lowest BCUT2D eigenvalue weighted by Gasteiger charge is -2.45. The Balaban J connectivity index is 1.86. The van der Waals surface area contributed by atoms with E-state index in [9.17, 15) is 4.79 Å². The average molecular weight is 240 g/mol. The molecule has 2 rings (SSSR count). The van der Waals surface area contributed by atoms with Gasteiger partial charge in [-0.3, -0.25) is 4.79 Å². The first-order chi connectivity index (χ1) is 7.91. The highest BCUT2D eigenvalue weighted by Gasteiger charge is 2.43. The van der Waals surface area contributed by atoms with Crippen molar-refractivity contribution in [3.05, 3.63) is 0 Å². The minimum atomic E-state index is -0.721. The molecule has 2 aliphatic rings. The Hall–Kier alpha value is -0.570. The van der Waals surface area contributed by atoms with E-state index < -0.39 is 5.97 Å². The summed E-state index contributed by atoms with van der Waals surface area (Å²) in [5.74, 6) is -0.721. The van der Waals surface area contributed by atoms with Gasteiger partial charge in [0.2, 0.25) is 0 Å². The zero-order chi connectivity index (χ0) is 12.5. The summed E-state index contributed by atoms with van der Waals surface area (Å²) in [6.45, 7) is 4.61. The first kappa shape index (κ1) is 12.9. The standard InChI is InChI=1S/C14H24O3/c1-13(2)8-4-11(5-9-13)17-14(6-3-7-14)10-12(15)16/h11H,3-10H2,1-2H3,(H,15,16). The van der Waals surface area contributed by atoms with Crippen molar-refractivity contribution < 1.29 is 14.6 Å². The number of carboxylic acid groups (broad SMARTS) is 1. The van der Waals surface area contributed by atoms with E-state index in [4.69, 9.17) is 9.84 Å². The van der Waals surface area contributed by atoms with E-state index in [0.717, 1.165) is 32.1 Å². The van der Waals surface area contributed by atoms with Crippen molar-refractivity contribution >= 4 is 5.97 Å². The molecule has 0 spiro atoms. The lowest BCUT2D eigenvalue weighted by atomic mass is 9.74. The van der Waals surface area contributed by atoms with Gasteiger partial charge in [-0.05, 0) is 50.4 Å². The molecule has 0 bridgehead atoms. The third-order valence-corrected chi connectivity index (χ3v) is 4.44. The van der Waals surface area contributed by atoms with Crippen LogP contribution in [0.3, 0.4) is 0 Å². The predicted octanol–water partition coefficient (Wildman–Crippen LogP) is 3.37. The molecule has 3 nitrogen and oxygen atoms in total. The van der Waals surface area contributed by atoms with Crippen molar-refractivity contribution in [2.45, 2.75) is 76.9 Å². The van der Waals surface area contributed by atoms with Gasteiger partial charge in [-0.25, -0.2) is 0 Å². The lowest BCUT2D eigenvalue weighted by Crippen LogP contribution is -2.46. The van der Waals surface area contributed by atoms with Gasteiger partial charge in [-0.2, -0.15) is 0 Å². The van der Waals surface area contributed by atoms with E-state index in [0.29, 0.717) is 11.5 Å². The molecule has 17 heavy (non-hydrogen) atoms. The maximum absolute atomic E-state index is 10.9. The molecule has 2 fully saturated rings. The van der Waals surface area contributed by atoms with E-state index in [-0.39, 0.29) is 12.0 Å². The highest BCUT2D eigenvalue weighted by Crippen LogP contribution is 2.43. The summed E-state index contributed by atoms with van der Waals surface area (Å²) in [5.41, 5.74) is 0.122. The number of hydrogen-bond acceptors (Lipinski definition) is 2. The second-order valence-corrected chi connectivity index (χ2v) is 6.59. The largest absolute Gasteiger partial charge is 0.481 e.